The van der Waals surface area contributed by atoms with Gasteiger partial charge in [-0.15, -0.1) is 0 Å². The molecule has 1 aliphatic rings. The summed E-state index contributed by atoms with van der Waals surface area (Å²) in [6, 6.07) is 4.14. The quantitative estimate of drug-likeness (QED) is 0.644. The molecule has 2 rings (SSSR count). The van der Waals surface area contributed by atoms with Crippen molar-refractivity contribution in [2.24, 2.45) is 0 Å². The standard InChI is InChI=1S/C12H16N4O4/c1-14(11-4-5-13-7-11)8-9-2-3-10(15(17)18)6-12(9)16(19)20/h2-3,6,11,13H,4-5,7-8H2,1H3. The minimum Gasteiger partial charge on any atom is -0.315 e. The fourth-order valence-electron chi connectivity index (χ4n) is 2.38. The molecule has 0 saturated carbocycles. The molecule has 0 aromatic heterocycles. The van der Waals surface area contributed by atoms with Crippen LogP contribution in [0.1, 0.15) is 12.0 Å². The van der Waals surface area contributed by atoms with E-state index in [-0.39, 0.29) is 11.4 Å². The van der Waals surface area contributed by atoms with Crippen molar-refractivity contribution in [3.63, 3.8) is 0 Å². The van der Waals surface area contributed by atoms with Gasteiger partial charge in [0, 0.05) is 30.8 Å². The van der Waals surface area contributed by atoms with Gasteiger partial charge in [-0.05, 0) is 26.1 Å². The third-order valence-corrected chi connectivity index (χ3v) is 3.55. The van der Waals surface area contributed by atoms with Crippen LogP contribution in [0, 0.1) is 20.2 Å². The van der Waals surface area contributed by atoms with E-state index in [1.807, 2.05) is 11.9 Å². The van der Waals surface area contributed by atoms with Crippen molar-refractivity contribution in [2.75, 3.05) is 20.1 Å². The zero-order chi connectivity index (χ0) is 14.7. The van der Waals surface area contributed by atoms with E-state index >= 15 is 0 Å². The second kappa shape index (κ2) is 5.93. The highest BCUT2D eigenvalue weighted by atomic mass is 16.6. The summed E-state index contributed by atoms with van der Waals surface area (Å²) in [5, 5.41) is 25.0. The van der Waals surface area contributed by atoms with E-state index < -0.39 is 9.85 Å². The van der Waals surface area contributed by atoms with Crippen molar-refractivity contribution in [2.45, 2.75) is 19.0 Å². The predicted molar refractivity (Wildman–Crippen MR) is 72.5 cm³/mol. The molecule has 8 nitrogen and oxygen atoms in total. The van der Waals surface area contributed by atoms with Crippen LogP contribution >= 0.6 is 0 Å². The fourth-order valence-corrected chi connectivity index (χ4v) is 2.38. The summed E-state index contributed by atoms with van der Waals surface area (Å²) in [4.78, 5) is 22.6. The minimum absolute atomic E-state index is 0.197. The molecule has 8 heteroatoms. The number of benzene rings is 1. The van der Waals surface area contributed by atoms with Crippen molar-refractivity contribution in [1.29, 1.82) is 0 Å². The summed E-state index contributed by atoms with van der Waals surface area (Å²) in [7, 11) is 1.91. The fraction of sp³-hybridized carbons (Fsp3) is 0.500. The molecule has 1 unspecified atom stereocenters. The van der Waals surface area contributed by atoms with Crippen molar-refractivity contribution in [3.8, 4) is 0 Å². The van der Waals surface area contributed by atoms with E-state index in [0.29, 0.717) is 18.2 Å². The third-order valence-electron chi connectivity index (χ3n) is 3.55. The normalized spacial score (nSPS) is 18.4. The summed E-state index contributed by atoms with van der Waals surface area (Å²) in [5.74, 6) is 0. The Morgan fingerprint density at radius 3 is 2.65 bits per heavy atom. The second-order valence-corrected chi connectivity index (χ2v) is 4.89. The summed E-state index contributed by atoms with van der Waals surface area (Å²) >= 11 is 0. The Balaban J connectivity index is 2.21. The van der Waals surface area contributed by atoms with Crippen LogP contribution < -0.4 is 5.32 Å². The number of nitro benzene ring substituents is 2. The highest BCUT2D eigenvalue weighted by Crippen LogP contribution is 2.26. The maximum Gasteiger partial charge on any atom is 0.280 e. The third kappa shape index (κ3) is 3.09. The first-order valence-electron chi connectivity index (χ1n) is 6.31. The van der Waals surface area contributed by atoms with E-state index in [0.717, 1.165) is 25.6 Å². The van der Waals surface area contributed by atoms with Gasteiger partial charge >= 0.3 is 0 Å². The largest absolute Gasteiger partial charge is 0.315 e. The summed E-state index contributed by atoms with van der Waals surface area (Å²) in [6.45, 7) is 2.20. The van der Waals surface area contributed by atoms with Crippen molar-refractivity contribution < 1.29 is 9.85 Å². The molecule has 1 fully saturated rings. The van der Waals surface area contributed by atoms with E-state index in [1.165, 1.54) is 12.1 Å². The van der Waals surface area contributed by atoms with Crippen molar-refractivity contribution in [3.05, 3.63) is 44.0 Å². The number of hydrogen-bond acceptors (Lipinski definition) is 6. The van der Waals surface area contributed by atoms with E-state index in [9.17, 15) is 20.2 Å². The van der Waals surface area contributed by atoms with E-state index in [4.69, 9.17) is 0 Å². The maximum absolute atomic E-state index is 11.1. The Morgan fingerprint density at radius 2 is 2.10 bits per heavy atom. The lowest BCUT2D eigenvalue weighted by Gasteiger charge is -2.23. The molecule has 1 aromatic carbocycles. The number of non-ortho nitro benzene ring substituents is 1. The first kappa shape index (κ1) is 14.4. The second-order valence-electron chi connectivity index (χ2n) is 4.89. The molecular formula is C12H16N4O4. The zero-order valence-corrected chi connectivity index (χ0v) is 11.1. The zero-order valence-electron chi connectivity index (χ0n) is 11.1. The van der Waals surface area contributed by atoms with Crippen molar-refractivity contribution in [1.82, 2.24) is 10.2 Å². The van der Waals surface area contributed by atoms with Crippen LogP contribution in [0.2, 0.25) is 0 Å². The Morgan fingerprint density at radius 1 is 1.35 bits per heavy atom. The molecule has 1 aromatic rings. The van der Waals surface area contributed by atoms with Gasteiger partial charge in [0.1, 0.15) is 0 Å². The lowest BCUT2D eigenvalue weighted by Crippen LogP contribution is -2.33. The van der Waals surface area contributed by atoms with Crippen molar-refractivity contribution >= 4 is 11.4 Å². The minimum atomic E-state index is -0.624. The predicted octanol–water partition coefficient (Wildman–Crippen LogP) is 1.30. The molecule has 0 spiro atoms. The van der Waals surface area contributed by atoms with Gasteiger partial charge in [-0.1, -0.05) is 0 Å². The number of nitrogens with one attached hydrogen (secondary N) is 1. The van der Waals surface area contributed by atoms with Gasteiger partial charge in [-0.2, -0.15) is 0 Å². The summed E-state index contributed by atoms with van der Waals surface area (Å²) in [6.07, 6.45) is 0.997. The lowest BCUT2D eigenvalue weighted by molar-refractivity contribution is -0.394. The number of hydrogen-bond donors (Lipinski definition) is 1. The topological polar surface area (TPSA) is 102 Å². The molecule has 0 bridgehead atoms. The van der Waals surface area contributed by atoms with Crippen LogP contribution in [-0.4, -0.2) is 40.9 Å². The first-order chi connectivity index (χ1) is 9.49. The number of nitro groups is 2. The van der Waals surface area contributed by atoms with E-state index in [1.54, 1.807) is 0 Å². The monoisotopic (exact) mass is 280 g/mol. The van der Waals surface area contributed by atoms with Crippen LogP contribution in [0.5, 0.6) is 0 Å². The Labute approximate surface area is 115 Å². The van der Waals surface area contributed by atoms with Gasteiger partial charge in [-0.25, -0.2) is 0 Å². The Bertz CT molecular complexity index is 528. The van der Waals surface area contributed by atoms with Crippen LogP contribution in [0.4, 0.5) is 11.4 Å². The molecule has 0 amide bonds. The highest BCUT2D eigenvalue weighted by molar-refractivity contribution is 5.49. The van der Waals surface area contributed by atoms with Crippen LogP contribution in [0.3, 0.4) is 0 Å². The molecule has 0 aliphatic carbocycles. The van der Waals surface area contributed by atoms with Gasteiger partial charge in [0.25, 0.3) is 11.4 Å². The molecule has 1 saturated heterocycles. The molecular weight excluding hydrogens is 264 g/mol. The first-order valence-corrected chi connectivity index (χ1v) is 6.31. The Kier molecular flexibility index (Phi) is 4.26. The van der Waals surface area contributed by atoms with Crippen LogP contribution in [0.15, 0.2) is 18.2 Å². The average Bonchev–Trinajstić information content (AvgIpc) is 2.92. The molecule has 1 heterocycles. The molecule has 108 valence electrons. The molecule has 0 radical (unpaired) electrons. The van der Waals surface area contributed by atoms with E-state index in [2.05, 4.69) is 5.32 Å². The summed E-state index contributed by atoms with van der Waals surface area (Å²) < 4.78 is 0. The van der Waals surface area contributed by atoms with Gasteiger partial charge in [-0.3, -0.25) is 25.1 Å². The summed E-state index contributed by atoms with van der Waals surface area (Å²) in [5.41, 5.74) is 0.0395. The molecule has 1 N–H and O–H groups in total. The Hall–Kier alpha value is -2.06. The molecule has 20 heavy (non-hydrogen) atoms. The number of likely N-dealkylation sites (N-methyl/N-ethyl adjacent to an activating group) is 1. The van der Waals surface area contributed by atoms with Gasteiger partial charge < -0.3 is 5.32 Å². The average molecular weight is 280 g/mol. The lowest BCUT2D eigenvalue weighted by atomic mass is 10.1. The van der Waals surface area contributed by atoms with Gasteiger partial charge in [0.05, 0.1) is 15.9 Å². The number of rotatable bonds is 5. The van der Waals surface area contributed by atoms with Gasteiger partial charge in [0.2, 0.25) is 0 Å². The molecule has 1 aliphatic heterocycles. The number of nitrogens with zero attached hydrogens (tertiary/aromatic N) is 3. The smallest absolute Gasteiger partial charge is 0.280 e. The van der Waals surface area contributed by atoms with Gasteiger partial charge in [0.15, 0.2) is 0 Å². The SMILES string of the molecule is CN(Cc1ccc([N+](=O)[O-])cc1[N+](=O)[O-])C1CCNC1. The maximum atomic E-state index is 11.1. The molecule has 1 atom stereocenters. The van der Waals surface area contributed by atoms with Crippen LogP contribution in [-0.2, 0) is 6.54 Å². The highest BCUT2D eigenvalue weighted by Gasteiger charge is 2.24. The van der Waals surface area contributed by atoms with Crippen LogP contribution in [0.25, 0.3) is 0 Å².